The Hall–Kier alpha value is -2.11. The van der Waals surface area contributed by atoms with Crippen molar-refractivity contribution in [3.05, 3.63) is 24.5 Å². The van der Waals surface area contributed by atoms with Crippen LogP contribution < -0.4 is 4.90 Å². The molecule has 1 aromatic heterocycles. The summed E-state index contributed by atoms with van der Waals surface area (Å²) in [5.41, 5.74) is 1.07. The third kappa shape index (κ3) is 3.37. The van der Waals surface area contributed by atoms with Crippen LogP contribution in [-0.2, 0) is 9.59 Å². The van der Waals surface area contributed by atoms with Gasteiger partial charge in [-0.25, -0.2) is 0 Å². The number of carboxylic acids is 1. The van der Waals surface area contributed by atoms with Crippen LogP contribution >= 0.6 is 0 Å². The van der Waals surface area contributed by atoms with Gasteiger partial charge in [0.15, 0.2) is 0 Å². The minimum absolute atomic E-state index is 0.00339. The monoisotopic (exact) mass is 303 g/mol. The maximum absolute atomic E-state index is 12.7. The van der Waals surface area contributed by atoms with E-state index in [1.807, 2.05) is 12.1 Å². The number of nitrogens with zero attached hydrogens (tertiary/aromatic N) is 3. The van der Waals surface area contributed by atoms with E-state index >= 15 is 0 Å². The molecule has 22 heavy (non-hydrogen) atoms. The fourth-order valence-electron chi connectivity index (χ4n) is 3.12. The number of hydrogen-bond donors (Lipinski definition) is 1. The van der Waals surface area contributed by atoms with E-state index in [-0.39, 0.29) is 24.4 Å². The minimum atomic E-state index is -0.929. The minimum Gasteiger partial charge on any atom is -0.480 e. The fourth-order valence-corrected chi connectivity index (χ4v) is 3.12. The second kappa shape index (κ2) is 6.34. The first kappa shape index (κ1) is 14.8. The van der Waals surface area contributed by atoms with Crippen molar-refractivity contribution in [3.8, 4) is 0 Å². The average molecular weight is 303 g/mol. The number of aromatic nitrogens is 1. The van der Waals surface area contributed by atoms with E-state index in [1.165, 1.54) is 0 Å². The Bertz CT molecular complexity index is 545. The van der Waals surface area contributed by atoms with Crippen molar-refractivity contribution in [2.45, 2.75) is 31.7 Å². The maximum Gasteiger partial charge on any atom is 0.323 e. The van der Waals surface area contributed by atoms with Crippen molar-refractivity contribution in [3.63, 3.8) is 0 Å². The second-order valence-electron chi connectivity index (χ2n) is 6.08. The van der Waals surface area contributed by atoms with Gasteiger partial charge in [0.2, 0.25) is 5.91 Å². The number of hydrogen-bond acceptors (Lipinski definition) is 4. The number of rotatable bonds is 5. The molecule has 2 heterocycles. The predicted octanol–water partition coefficient (Wildman–Crippen LogP) is 1.37. The van der Waals surface area contributed by atoms with Gasteiger partial charge in [0.25, 0.3) is 0 Å². The normalized spacial score (nSPS) is 21.5. The van der Waals surface area contributed by atoms with Crippen molar-refractivity contribution in [2.75, 3.05) is 24.5 Å². The van der Waals surface area contributed by atoms with E-state index in [0.29, 0.717) is 6.54 Å². The Balaban J connectivity index is 1.68. The average Bonchev–Trinajstić information content (AvgIpc) is 3.37. The molecular weight excluding hydrogens is 282 g/mol. The quantitative estimate of drug-likeness (QED) is 0.889. The summed E-state index contributed by atoms with van der Waals surface area (Å²) in [6.07, 6.45) is 7.15. The van der Waals surface area contributed by atoms with Crippen molar-refractivity contribution < 1.29 is 14.7 Å². The smallest absolute Gasteiger partial charge is 0.323 e. The summed E-state index contributed by atoms with van der Waals surface area (Å²) in [5, 5.41) is 9.03. The standard InChI is InChI=1S/C16H21N3O3/c20-15(21)11-19(14-3-4-14)16(22)12-2-1-9-18(10-12)13-5-7-17-8-6-13/h5-8,12,14H,1-4,9-11H2,(H,20,21). The molecule has 1 aliphatic heterocycles. The van der Waals surface area contributed by atoms with E-state index in [2.05, 4.69) is 9.88 Å². The molecule has 0 radical (unpaired) electrons. The van der Waals surface area contributed by atoms with E-state index in [4.69, 9.17) is 5.11 Å². The molecule has 1 N–H and O–H groups in total. The summed E-state index contributed by atoms with van der Waals surface area (Å²) in [5.74, 6) is -1.03. The first-order valence-corrected chi connectivity index (χ1v) is 7.82. The molecule has 118 valence electrons. The summed E-state index contributed by atoms with van der Waals surface area (Å²) in [4.78, 5) is 31.5. The van der Waals surface area contributed by atoms with Crippen molar-refractivity contribution in [2.24, 2.45) is 5.92 Å². The van der Waals surface area contributed by atoms with E-state index < -0.39 is 5.97 Å². The summed E-state index contributed by atoms with van der Waals surface area (Å²) in [6.45, 7) is 1.41. The van der Waals surface area contributed by atoms with Crippen LogP contribution in [0.4, 0.5) is 5.69 Å². The lowest BCUT2D eigenvalue weighted by Crippen LogP contribution is -2.47. The number of carboxylic acid groups (broad SMARTS) is 1. The van der Waals surface area contributed by atoms with Gasteiger partial charge < -0.3 is 14.9 Å². The van der Waals surface area contributed by atoms with Gasteiger partial charge in [-0.1, -0.05) is 0 Å². The number of amides is 1. The van der Waals surface area contributed by atoms with Gasteiger partial charge in [0.1, 0.15) is 6.54 Å². The highest BCUT2D eigenvalue weighted by molar-refractivity contribution is 5.84. The molecule has 1 atom stereocenters. The van der Waals surface area contributed by atoms with Crippen LogP contribution in [0.1, 0.15) is 25.7 Å². The molecule has 1 aromatic rings. The van der Waals surface area contributed by atoms with Gasteiger partial charge in [0.05, 0.1) is 5.92 Å². The topological polar surface area (TPSA) is 73.7 Å². The zero-order valence-electron chi connectivity index (χ0n) is 12.5. The van der Waals surface area contributed by atoms with Gasteiger partial charge in [0, 0.05) is 37.2 Å². The third-order valence-corrected chi connectivity index (χ3v) is 4.37. The molecule has 2 fully saturated rings. The van der Waals surface area contributed by atoms with E-state index in [0.717, 1.165) is 37.9 Å². The molecule has 6 nitrogen and oxygen atoms in total. The summed E-state index contributed by atoms with van der Waals surface area (Å²) >= 11 is 0. The largest absolute Gasteiger partial charge is 0.480 e. The molecule has 1 saturated heterocycles. The van der Waals surface area contributed by atoms with Crippen LogP contribution in [0.15, 0.2) is 24.5 Å². The molecule has 0 aromatic carbocycles. The Labute approximate surface area is 129 Å². The van der Waals surface area contributed by atoms with Crippen molar-refractivity contribution in [1.29, 1.82) is 0 Å². The summed E-state index contributed by atoms with van der Waals surface area (Å²) in [6, 6.07) is 4.03. The molecule has 0 spiro atoms. The van der Waals surface area contributed by atoms with E-state index in [9.17, 15) is 9.59 Å². The highest BCUT2D eigenvalue weighted by Gasteiger charge is 2.38. The molecule has 1 amide bonds. The van der Waals surface area contributed by atoms with Crippen molar-refractivity contribution in [1.82, 2.24) is 9.88 Å². The van der Waals surface area contributed by atoms with Crippen LogP contribution in [-0.4, -0.2) is 52.5 Å². The van der Waals surface area contributed by atoms with Crippen LogP contribution in [0.3, 0.4) is 0 Å². The predicted molar refractivity (Wildman–Crippen MR) is 81.5 cm³/mol. The number of pyridine rings is 1. The summed E-state index contributed by atoms with van der Waals surface area (Å²) < 4.78 is 0. The van der Waals surface area contributed by atoms with Gasteiger partial charge in [-0.05, 0) is 37.8 Å². The van der Waals surface area contributed by atoms with Gasteiger partial charge >= 0.3 is 5.97 Å². The number of carbonyl (C=O) groups is 2. The molecule has 1 unspecified atom stereocenters. The lowest BCUT2D eigenvalue weighted by Gasteiger charge is -2.36. The van der Waals surface area contributed by atoms with Crippen LogP contribution in [0.25, 0.3) is 0 Å². The molecule has 1 saturated carbocycles. The highest BCUT2D eigenvalue weighted by atomic mass is 16.4. The highest BCUT2D eigenvalue weighted by Crippen LogP contribution is 2.30. The number of aliphatic carboxylic acids is 1. The van der Waals surface area contributed by atoms with Crippen LogP contribution in [0.5, 0.6) is 0 Å². The third-order valence-electron chi connectivity index (χ3n) is 4.37. The first-order chi connectivity index (χ1) is 10.6. The lowest BCUT2D eigenvalue weighted by atomic mass is 9.96. The molecule has 0 bridgehead atoms. The van der Waals surface area contributed by atoms with Gasteiger partial charge in [-0.2, -0.15) is 0 Å². The maximum atomic E-state index is 12.7. The first-order valence-electron chi connectivity index (χ1n) is 7.82. The molecular formula is C16H21N3O3. The molecule has 1 aliphatic carbocycles. The summed E-state index contributed by atoms with van der Waals surface area (Å²) in [7, 11) is 0. The molecule has 2 aliphatic rings. The lowest BCUT2D eigenvalue weighted by molar-refractivity contribution is -0.147. The number of carbonyl (C=O) groups excluding carboxylic acids is 1. The number of anilines is 1. The Morgan fingerprint density at radius 2 is 2.00 bits per heavy atom. The van der Waals surface area contributed by atoms with E-state index in [1.54, 1.807) is 17.3 Å². The van der Waals surface area contributed by atoms with Crippen LogP contribution in [0, 0.1) is 5.92 Å². The Kier molecular flexibility index (Phi) is 4.27. The molecule has 6 heteroatoms. The molecule has 3 rings (SSSR count). The second-order valence-corrected chi connectivity index (χ2v) is 6.08. The van der Waals surface area contributed by atoms with Gasteiger partial charge in [-0.3, -0.25) is 14.6 Å². The Morgan fingerprint density at radius 3 is 2.64 bits per heavy atom. The number of piperidine rings is 1. The zero-order chi connectivity index (χ0) is 15.5. The van der Waals surface area contributed by atoms with Crippen LogP contribution in [0.2, 0.25) is 0 Å². The SMILES string of the molecule is O=C(O)CN(C(=O)C1CCCN(c2ccncc2)C1)C1CC1. The fraction of sp³-hybridized carbons (Fsp3) is 0.562. The Morgan fingerprint density at radius 1 is 1.27 bits per heavy atom. The van der Waals surface area contributed by atoms with Gasteiger partial charge in [-0.15, -0.1) is 0 Å². The van der Waals surface area contributed by atoms with Crippen molar-refractivity contribution >= 4 is 17.6 Å². The zero-order valence-corrected chi connectivity index (χ0v) is 12.5.